The van der Waals surface area contributed by atoms with E-state index in [1.54, 1.807) is 0 Å². The second-order valence-corrected chi connectivity index (χ2v) is 6.64. The molecule has 0 bridgehead atoms. The third-order valence-electron chi connectivity index (χ3n) is 4.05. The molecular weight excluding hydrogens is 327 g/mol. The molecule has 2 aromatic rings. The average Bonchev–Trinajstić information content (AvgIpc) is 2.91. The monoisotopic (exact) mass is 340 g/mol. The summed E-state index contributed by atoms with van der Waals surface area (Å²) in [4.78, 5) is 8.93. The van der Waals surface area contributed by atoms with Crippen LogP contribution in [0.5, 0.6) is 0 Å². The number of hydrogen-bond acceptors (Lipinski definition) is 2. The fraction of sp³-hybridized carbons (Fsp3) is 0.375. The normalized spacial score (nSPS) is 15.6. The predicted octanol–water partition coefficient (Wildman–Crippen LogP) is 6.07. The molecule has 0 unspecified atom stereocenters. The van der Waals surface area contributed by atoms with Gasteiger partial charge < -0.3 is 0 Å². The van der Waals surface area contributed by atoms with Crippen LogP contribution in [-0.2, 0) is 0 Å². The van der Waals surface area contributed by atoms with Gasteiger partial charge in [-0.2, -0.15) is 0 Å². The van der Waals surface area contributed by atoms with Crippen LogP contribution in [0.1, 0.15) is 42.7 Å². The molecule has 0 N–H and O–H groups in total. The summed E-state index contributed by atoms with van der Waals surface area (Å²) >= 11 is 18.8. The third-order valence-corrected chi connectivity index (χ3v) is 4.86. The van der Waals surface area contributed by atoms with Crippen molar-refractivity contribution in [1.82, 2.24) is 9.97 Å². The molecule has 0 aliphatic heterocycles. The van der Waals surface area contributed by atoms with Crippen LogP contribution in [0.3, 0.4) is 0 Å². The molecule has 0 atom stereocenters. The first-order valence-electron chi connectivity index (χ1n) is 7.05. The zero-order valence-corrected chi connectivity index (χ0v) is 13.9. The summed E-state index contributed by atoms with van der Waals surface area (Å²) in [6.45, 7) is 1.97. The number of benzene rings is 1. The molecule has 1 aromatic heterocycles. The van der Waals surface area contributed by atoms with Crippen LogP contribution in [0.4, 0.5) is 0 Å². The predicted molar refractivity (Wildman–Crippen MR) is 88.4 cm³/mol. The lowest BCUT2D eigenvalue weighted by molar-refractivity contribution is 0.715. The molecule has 1 aliphatic rings. The summed E-state index contributed by atoms with van der Waals surface area (Å²) in [5, 5.41) is 1.65. The summed E-state index contributed by atoms with van der Waals surface area (Å²) < 4.78 is 0. The maximum Gasteiger partial charge on any atom is 0.162 e. The van der Waals surface area contributed by atoms with Crippen molar-refractivity contribution in [3.8, 4) is 11.4 Å². The molecule has 1 aliphatic carbocycles. The van der Waals surface area contributed by atoms with Crippen molar-refractivity contribution in [3.05, 3.63) is 44.7 Å². The maximum atomic E-state index is 6.39. The van der Waals surface area contributed by atoms with Gasteiger partial charge in [0.1, 0.15) is 10.3 Å². The van der Waals surface area contributed by atoms with Gasteiger partial charge in [0.15, 0.2) is 5.82 Å². The van der Waals surface area contributed by atoms with E-state index in [1.165, 1.54) is 12.8 Å². The van der Waals surface area contributed by atoms with Crippen LogP contribution in [0.2, 0.25) is 15.3 Å². The Labute approximate surface area is 139 Å². The van der Waals surface area contributed by atoms with Gasteiger partial charge in [0.05, 0.1) is 0 Å². The molecule has 5 heteroatoms. The van der Waals surface area contributed by atoms with Gasteiger partial charge >= 0.3 is 0 Å². The zero-order chi connectivity index (χ0) is 15.0. The van der Waals surface area contributed by atoms with E-state index >= 15 is 0 Å². The molecule has 0 spiro atoms. The smallest absolute Gasteiger partial charge is 0.162 e. The zero-order valence-electron chi connectivity index (χ0n) is 11.7. The topological polar surface area (TPSA) is 25.8 Å². The minimum Gasteiger partial charge on any atom is -0.216 e. The highest BCUT2D eigenvalue weighted by molar-refractivity contribution is 6.34. The SMILES string of the molecule is Cc1cc(Cl)ccc1-c1nc(Cl)c(C2CCCC2)c(Cl)n1. The first kappa shape index (κ1) is 15.1. The molecule has 0 amide bonds. The van der Waals surface area contributed by atoms with Crippen molar-refractivity contribution < 1.29 is 0 Å². The second kappa shape index (κ2) is 6.12. The molecule has 2 nitrogen and oxygen atoms in total. The number of hydrogen-bond donors (Lipinski definition) is 0. The molecule has 0 saturated heterocycles. The minimum atomic E-state index is 0.394. The molecule has 110 valence electrons. The Morgan fingerprint density at radius 3 is 2.19 bits per heavy atom. The summed E-state index contributed by atoms with van der Waals surface area (Å²) in [7, 11) is 0. The van der Waals surface area contributed by atoms with Gasteiger partial charge in [-0.1, -0.05) is 47.6 Å². The molecule has 21 heavy (non-hydrogen) atoms. The average molecular weight is 342 g/mol. The van der Waals surface area contributed by atoms with Gasteiger partial charge in [0, 0.05) is 16.1 Å². The Hall–Kier alpha value is -0.830. The van der Waals surface area contributed by atoms with Gasteiger partial charge in [0.2, 0.25) is 0 Å². The molecule has 1 saturated carbocycles. The van der Waals surface area contributed by atoms with E-state index in [4.69, 9.17) is 34.8 Å². The third kappa shape index (κ3) is 3.03. The van der Waals surface area contributed by atoms with Crippen molar-refractivity contribution in [1.29, 1.82) is 0 Å². The van der Waals surface area contributed by atoms with Crippen LogP contribution in [0.25, 0.3) is 11.4 Å². The molecule has 1 aromatic carbocycles. The first-order valence-corrected chi connectivity index (χ1v) is 8.19. The number of aryl methyl sites for hydroxylation is 1. The van der Waals surface area contributed by atoms with Crippen molar-refractivity contribution >= 4 is 34.8 Å². The Morgan fingerprint density at radius 2 is 1.62 bits per heavy atom. The summed E-state index contributed by atoms with van der Waals surface area (Å²) in [6, 6.07) is 5.60. The Balaban J connectivity index is 2.05. The van der Waals surface area contributed by atoms with Crippen LogP contribution < -0.4 is 0 Å². The van der Waals surface area contributed by atoms with E-state index in [1.807, 2.05) is 25.1 Å². The van der Waals surface area contributed by atoms with Gasteiger partial charge in [-0.25, -0.2) is 9.97 Å². The maximum absolute atomic E-state index is 6.39. The van der Waals surface area contributed by atoms with E-state index in [9.17, 15) is 0 Å². The van der Waals surface area contributed by atoms with Gasteiger partial charge in [-0.05, 0) is 49.4 Å². The van der Waals surface area contributed by atoms with E-state index in [0.29, 0.717) is 27.1 Å². The van der Waals surface area contributed by atoms with E-state index < -0.39 is 0 Å². The molecule has 1 fully saturated rings. The number of rotatable bonds is 2. The summed E-state index contributed by atoms with van der Waals surface area (Å²) in [5.41, 5.74) is 2.82. The number of halogens is 3. The highest BCUT2D eigenvalue weighted by Crippen LogP contribution is 2.40. The fourth-order valence-corrected chi connectivity index (χ4v) is 3.89. The van der Waals surface area contributed by atoms with Crippen LogP contribution in [0, 0.1) is 6.92 Å². The lowest BCUT2D eigenvalue weighted by atomic mass is 10.0. The lowest BCUT2D eigenvalue weighted by Crippen LogP contribution is -2.02. The number of aromatic nitrogens is 2. The van der Waals surface area contributed by atoms with E-state index in [0.717, 1.165) is 29.5 Å². The molecule has 0 radical (unpaired) electrons. The molecular formula is C16H15Cl3N2. The van der Waals surface area contributed by atoms with E-state index in [-0.39, 0.29) is 0 Å². The van der Waals surface area contributed by atoms with E-state index in [2.05, 4.69) is 9.97 Å². The second-order valence-electron chi connectivity index (χ2n) is 5.48. The Bertz CT molecular complexity index is 656. The molecule has 3 rings (SSSR count). The van der Waals surface area contributed by atoms with Crippen molar-refractivity contribution in [2.24, 2.45) is 0 Å². The first-order chi connectivity index (χ1) is 10.1. The fourth-order valence-electron chi connectivity index (χ4n) is 2.97. The summed E-state index contributed by atoms with van der Waals surface area (Å²) in [6.07, 6.45) is 4.66. The van der Waals surface area contributed by atoms with Crippen LogP contribution >= 0.6 is 34.8 Å². The Morgan fingerprint density at radius 1 is 1.00 bits per heavy atom. The minimum absolute atomic E-state index is 0.394. The largest absolute Gasteiger partial charge is 0.216 e. The quantitative estimate of drug-likeness (QED) is 0.619. The van der Waals surface area contributed by atoms with Gasteiger partial charge in [0.25, 0.3) is 0 Å². The van der Waals surface area contributed by atoms with Gasteiger partial charge in [-0.15, -0.1) is 0 Å². The highest BCUT2D eigenvalue weighted by Gasteiger charge is 2.24. The highest BCUT2D eigenvalue weighted by atomic mass is 35.5. The standard InChI is InChI=1S/C16H15Cl3N2/c1-9-8-11(17)6-7-12(9)16-20-14(18)13(15(19)21-16)10-4-2-3-5-10/h6-8,10H,2-5H2,1H3. The molecule has 1 heterocycles. The van der Waals surface area contributed by atoms with Crippen molar-refractivity contribution in [2.45, 2.75) is 38.5 Å². The van der Waals surface area contributed by atoms with Crippen molar-refractivity contribution in [3.63, 3.8) is 0 Å². The summed E-state index contributed by atoms with van der Waals surface area (Å²) in [5.74, 6) is 0.950. The van der Waals surface area contributed by atoms with Crippen molar-refractivity contribution in [2.75, 3.05) is 0 Å². The van der Waals surface area contributed by atoms with Gasteiger partial charge in [-0.3, -0.25) is 0 Å². The van der Waals surface area contributed by atoms with Crippen LogP contribution in [-0.4, -0.2) is 9.97 Å². The van der Waals surface area contributed by atoms with Crippen LogP contribution in [0.15, 0.2) is 18.2 Å². The lowest BCUT2D eigenvalue weighted by Gasteiger charge is -2.14. The number of nitrogens with zero attached hydrogens (tertiary/aromatic N) is 2. The Kier molecular flexibility index (Phi) is 4.39.